The Hall–Kier alpha value is -2.09. The summed E-state index contributed by atoms with van der Waals surface area (Å²) in [4.78, 5) is 17.6. The SMILES string of the molecule is CCc1sc(C(=O)NCCNc2ccc(C(F)(F)F)cn2)cc1C. The number of alkyl halides is 3. The van der Waals surface area contributed by atoms with Crippen LogP contribution in [0.25, 0.3) is 0 Å². The van der Waals surface area contributed by atoms with Gasteiger partial charge in [0.05, 0.1) is 10.4 Å². The van der Waals surface area contributed by atoms with E-state index in [4.69, 9.17) is 0 Å². The van der Waals surface area contributed by atoms with Crippen LogP contribution in [0.1, 0.15) is 32.6 Å². The van der Waals surface area contributed by atoms with E-state index in [0.29, 0.717) is 23.8 Å². The highest BCUT2D eigenvalue weighted by Crippen LogP contribution is 2.28. The zero-order chi connectivity index (χ0) is 17.7. The van der Waals surface area contributed by atoms with Crippen LogP contribution in [0, 0.1) is 6.92 Å². The number of amides is 1. The standard InChI is InChI=1S/C16H18F3N3OS/c1-3-12-10(2)8-13(24-12)15(23)21-7-6-20-14-5-4-11(9-22-14)16(17,18)19/h4-5,8-9H,3,6-7H2,1-2H3,(H,20,22)(H,21,23). The maximum absolute atomic E-state index is 12.4. The number of anilines is 1. The maximum atomic E-state index is 12.4. The molecule has 8 heteroatoms. The van der Waals surface area contributed by atoms with E-state index >= 15 is 0 Å². The third-order valence-corrected chi connectivity index (χ3v) is 4.75. The van der Waals surface area contributed by atoms with Crippen molar-refractivity contribution in [2.24, 2.45) is 0 Å². The lowest BCUT2D eigenvalue weighted by molar-refractivity contribution is -0.137. The largest absolute Gasteiger partial charge is 0.417 e. The molecule has 0 aliphatic carbocycles. The fraction of sp³-hybridized carbons (Fsp3) is 0.375. The predicted molar refractivity (Wildman–Crippen MR) is 88.5 cm³/mol. The zero-order valence-corrected chi connectivity index (χ0v) is 14.1. The zero-order valence-electron chi connectivity index (χ0n) is 13.3. The van der Waals surface area contributed by atoms with Crippen LogP contribution in [0.5, 0.6) is 0 Å². The number of carbonyl (C=O) groups is 1. The van der Waals surface area contributed by atoms with E-state index in [9.17, 15) is 18.0 Å². The molecule has 0 unspecified atom stereocenters. The Balaban J connectivity index is 1.79. The molecule has 0 aliphatic heterocycles. The molecule has 1 amide bonds. The lowest BCUT2D eigenvalue weighted by Gasteiger charge is -2.09. The van der Waals surface area contributed by atoms with Gasteiger partial charge in [-0.1, -0.05) is 6.92 Å². The highest BCUT2D eigenvalue weighted by molar-refractivity contribution is 7.14. The molecule has 0 radical (unpaired) electrons. The molecule has 0 aliphatic rings. The van der Waals surface area contributed by atoms with Crippen molar-refractivity contribution in [1.82, 2.24) is 10.3 Å². The molecule has 0 spiro atoms. The first-order valence-corrected chi connectivity index (χ1v) is 8.27. The van der Waals surface area contributed by atoms with Crippen LogP contribution >= 0.6 is 11.3 Å². The predicted octanol–water partition coefficient (Wildman–Crippen LogP) is 3.87. The first-order valence-electron chi connectivity index (χ1n) is 7.46. The Kier molecular flexibility index (Phi) is 5.82. The first kappa shape index (κ1) is 18.3. The van der Waals surface area contributed by atoms with E-state index in [1.807, 2.05) is 19.9 Å². The molecular weight excluding hydrogens is 339 g/mol. The van der Waals surface area contributed by atoms with Crippen LogP contribution in [0.15, 0.2) is 24.4 Å². The second kappa shape index (κ2) is 7.65. The highest BCUT2D eigenvalue weighted by Gasteiger charge is 2.30. The molecule has 2 aromatic rings. The van der Waals surface area contributed by atoms with Gasteiger partial charge < -0.3 is 10.6 Å². The third-order valence-electron chi connectivity index (χ3n) is 3.37. The molecule has 0 saturated carbocycles. The number of pyridine rings is 1. The van der Waals surface area contributed by atoms with Crippen molar-refractivity contribution in [2.75, 3.05) is 18.4 Å². The van der Waals surface area contributed by atoms with Crippen LogP contribution < -0.4 is 10.6 Å². The van der Waals surface area contributed by atoms with Crippen LogP contribution in [-0.2, 0) is 12.6 Å². The number of halogens is 3. The van der Waals surface area contributed by atoms with Crippen molar-refractivity contribution < 1.29 is 18.0 Å². The number of aryl methyl sites for hydroxylation is 2. The van der Waals surface area contributed by atoms with Crippen LogP contribution in [0.4, 0.5) is 19.0 Å². The molecule has 4 nitrogen and oxygen atoms in total. The average molecular weight is 357 g/mol. The van der Waals surface area contributed by atoms with Gasteiger partial charge >= 0.3 is 6.18 Å². The van der Waals surface area contributed by atoms with E-state index in [2.05, 4.69) is 15.6 Å². The van der Waals surface area contributed by atoms with Gasteiger partial charge in [-0.25, -0.2) is 4.98 Å². The number of hydrogen-bond acceptors (Lipinski definition) is 4. The Morgan fingerprint density at radius 2 is 2.04 bits per heavy atom. The molecule has 2 N–H and O–H groups in total. The van der Waals surface area contributed by atoms with E-state index in [-0.39, 0.29) is 5.91 Å². The molecule has 2 aromatic heterocycles. The minimum absolute atomic E-state index is 0.148. The van der Waals surface area contributed by atoms with E-state index < -0.39 is 11.7 Å². The molecule has 0 fully saturated rings. The summed E-state index contributed by atoms with van der Waals surface area (Å²) < 4.78 is 37.3. The van der Waals surface area contributed by atoms with Gasteiger partial charge in [0.25, 0.3) is 5.91 Å². The van der Waals surface area contributed by atoms with Gasteiger partial charge in [0.1, 0.15) is 5.82 Å². The van der Waals surface area contributed by atoms with Crippen molar-refractivity contribution >= 4 is 23.1 Å². The van der Waals surface area contributed by atoms with Crippen LogP contribution in [-0.4, -0.2) is 24.0 Å². The third kappa shape index (κ3) is 4.70. The molecule has 0 bridgehead atoms. The normalized spacial score (nSPS) is 11.4. The molecule has 24 heavy (non-hydrogen) atoms. The number of rotatable bonds is 6. The van der Waals surface area contributed by atoms with Gasteiger partial charge in [-0.3, -0.25) is 4.79 Å². The summed E-state index contributed by atoms with van der Waals surface area (Å²) in [7, 11) is 0. The monoisotopic (exact) mass is 357 g/mol. The molecule has 0 saturated heterocycles. The first-order chi connectivity index (χ1) is 11.3. The topological polar surface area (TPSA) is 54.0 Å². The fourth-order valence-electron chi connectivity index (χ4n) is 2.10. The molecule has 0 atom stereocenters. The summed E-state index contributed by atoms with van der Waals surface area (Å²) in [6.45, 7) is 4.74. The van der Waals surface area contributed by atoms with Crippen LogP contribution in [0.2, 0.25) is 0 Å². The summed E-state index contributed by atoms with van der Waals surface area (Å²) in [6, 6.07) is 4.10. The lowest BCUT2D eigenvalue weighted by Crippen LogP contribution is -2.28. The molecular formula is C16H18F3N3OS. The Morgan fingerprint density at radius 3 is 2.58 bits per heavy atom. The van der Waals surface area contributed by atoms with E-state index in [0.717, 1.165) is 24.2 Å². The van der Waals surface area contributed by atoms with Crippen molar-refractivity contribution in [3.05, 3.63) is 45.3 Å². The maximum Gasteiger partial charge on any atom is 0.417 e. The molecule has 0 aromatic carbocycles. The summed E-state index contributed by atoms with van der Waals surface area (Å²) in [5, 5.41) is 5.64. The lowest BCUT2D eigenvalue weighted by atomic mass is 10.2. The second-order valence-electron chi connectivity index (χ2n) is 5.18. The summed E-state index contributed by atoms with van der Waals surface area (Å²) >= 11 is 1.47. The molecule has 2 rings (SSSR count). The van der Waals surface area contributed by atoms with E-state index in [1.54, 1.807) is 0 Å². The number of hydrogen-bond donors (Lipinski definition) is 2. The van der Waals surface area contributed by atoms with Gasteiger partial charge in [-0.15, -0.1) is 11.3 Å². The average Bonchev–Trinajstić information content (AvgIpc) is 2.92. The minimum atomic E-state index is -4.39. The fourth-order valence-corrected chi connectivity index (χ4v) is 3.13. The van der Waals surface area contributed by atoms with Gasteiger partial charge in [0.2, 0.25) is 0 Å². The molecule has 130 valence electrons. The Bertz CT molecular complexity index is 696. The van der Waals surface area contributed by atoms with Crippen molar-refractivity contribution in [2.45, 2.75) is 26.4 Å². The Morgan fingerprint density at radius 1 is 1.29 bits per heavy atom. The van der Waals surface area contributed by atoms with Gasteiger partial charge in [0.15, 0.2) is 0 Å². The molecule has 2 heterocycles. The number of nitrogens with zero attached hydrogens (tertiary/aromatic N) is 1. The van der Waals surface area contributed by atoms with Crippen molar-refractivity contribution in [3.8, 4) is 0 Å². The number of carbonyl (C=O) groups excluding carboxylic acids is 1. The number of thiophene rings is 1. The van der Waals surface area contributed by atoms with Crippen molar-refractivity contribution in [3.63, 3.8) is 0 Å². The van der Waals surface area contributed by atoms with Crippen LogP contribution in [0.3, 0.4) is 0 Å². The van der Waals surface area contributed by atoms with Gasteiger partial charge in [0, 0.05) is 24.2 Å². The van der Waals surface area contributed by atoms with Gasteiger partial charge in [-0.2, -0.15) is 13.2 Å². The second-order valence-corrected chi connectivity index (χ2v) is 6.32. The number of nitrogens with one attached hydrogen (secondary N) is 2. The van der Waals surface area contributed by atoms with Gasteiger partial charge in [-0.05, 0) is 37.1 Å². The van der Waals surface area contributed by atoms with E-state index in [1.165, 1.54) is 22.3 Å². The highest BCUT2D eigenvalue weighted by atomic mass is 32.1. The van der Waals surface area contributed by atoms with Crippen molar-refractivity contribution in [1.29, 1.82) is 0 Å². The Labute approximate surface area is 142 Å². The quantitative estimate of drug-likeness (QED) is 0.772. The summed E-state index contributed by atoms with van der Waals surface area (Å²) in [5.41, 5.74) is 0.320. The smallest absolute Gasteiger partial charge is 0.368 e. The summed E-state index contributed by atoms with van der Waals surface area (Å²) in [5.74, 6) is 0.183. The minimum Gasteiger partial charge on any atom is -0.368 e. The summed E-state index contributed by atoms with van der Waals surface area (Å²) in [6.07, 6.45) is -2.72. The number of aromatic nitrogens is 1.